The van der Waals surface area contributed by atoms with Gasteiger partial charge in [-0.1, -0.05) is 12.1 Å². The Morgan fingerprint density at radius 1 is 1.26 bits per heavy atom. The first-order valence-corrected chi connectivity index (χ1v) is 7.43. The van der Waals surface area contributed by atoms with Crippen LogP contribution in [0.3, 0.4) is 0 Å². The molecule has 8 heteroatoms. The van der Waals surface area contributed by atoms with Crippen LogP contribution in [0.5, 0.6) is 0 Å². The largest absolute Gasteiger partial charge is 0.383 e. The summed E-state index contributed by atoms with van der Waals surface area (Å²) in [4.78, 5) is 14.3. The van der Waals surface area contributed by atoms with Crippen molar-refractivity contribution in [2.75, 3.05) is 5.73 Å². The van der Waals surface area contributed by atoms with E-state index in [0.717, 1.165) is 5.56 Å². The van der Waals surface area contributed by atoms with Gasteiger partial charge in [0.2, 0.25) is 0 Å². The monoisotopic (exact) mass is 325 g/mol. The molecule has 2 rings (SSSR count). The summed E-state index contributed by atoms with van der Waals surface area (Å²) in [6, 6.07) is 10.1. The van der Waals surface area contributed by atoms with E-state index in [1.807, 2.05) is 12.1 Å². The summed E-state index contributed by atoms with van der Waals surface area (Å²) < 4.78 is 0. The summed E-state index contributed by atoms with van der Waals surface area (Å²) in [6.07, 6.45) is 0. The van der Waals surface area contributed by atoms with Crippen LogP contribution in [-0.4, -0.2) is 9.91 Å². The van der Waals surface area contributed by atoms with Crippen molar-refractivity contribution in [1.29, 1.82) is 10.5 Å². The molecular formula is C15H11N5O2S. The fraction of sp³-hybridized carbons (Fsp3) is 0.133. The number of thioether (sulfide) groups is 1. The Morgan fingerprint density at radius 2 is 1.87 bits per heavy atom. The van der Waals surface area contributed by atoms with Gasteiger partial charge in [0.15, 0.2) is 0 Å². The van der Waals surface area contributed by atoms with Crippen LogP contribution < -0.4 is 5.73 Å². The van der Waals surface area contributed by atoms with E-state index in [-0.39, 0.29) is 17.1 Å². The predicted octanol–water partition coefficient (Wildman–Crippen LogP) is 2.92. The zero-order valence-corrected chi connectivity index (χ0v) is 12.9. The molecule has 114 valence electrons. The average molecular weight is 325 g/mol. The molecule has 2 aromatic rings. The smallest absolute Gasteiger partial charge is 0.269 e. The molecule has 7 nitrogen and oxygen atoms in total. The fourth-order valence-electron chi connectivity index (χ4n) is 1.94. The number of hydrogen-bond acceptors (Lipinski definition) is 7. The van der Waals surface area contributed by atoms with Crippen LogP contribution in [0.2, 0.25) is 0 Å². The second-order valence-corrected chi connectivity index (χ2v) is 5.58. The van der Waals surface area contributed by atoms with Crippen LogP contribution in [0.15, 0.2) is 29.3 Å². The summed E-state index contributed by atoms with van der Waals surface area (Å²) in [6.45, 7) is 1.66. The Balaban J connectivity index is 2.26. The van der Waals surface area contributed by atoms with Gasteiger partial charge in [-0.05, 0) is 18.1 Å². The van der Waals surface area contributed by atoms with Crippen LogP contribution in [0.1, 0.15) is 22.3 Å². The van der Waals surface area contributed by atoms with Crippen molar-refractivity contribution >= 4 is 23.3 Å². The number of nitrogens with zero attached hydrogens (tertiary/aromatic N) is 4. The quantitative estimate of drug-likeness (QED) is 0.519. The third-order valence-corrected chi connectivity index (χ3v) is 4.23. The van der Waals surface area contributed by atoms with Gasteiger partial charge >= 0.3 is 0 Å². The standard InChI is InChI=1S/C15H11N5O2S/c1-9-12(6-16)14(18)19-15(13(9)7-17)23-8-10-2-4-11(5-3-10)20(21)22/h2-5H,8H2,1H3,(H2,18,19). The van der Waals surface area contributed by atoms with Crippen LogP contribution in [0.4, 0.5) is 11.5 Å². The number of nitrogen functional groups attached to an aromatic ring is 1. The van der Waals surface area contributed by atoms with Crippen LogP contribution in [0.25, 0.3) is 0 Å². The lowest BCUT2D eigenvalue weighted by Gasteiger charge is -2.09. The highest BCUT2D eigenvalue weighted by atomic mass is 32.2. The van der Waals surface area contributed by atoms with Crippen molar-refractivity contribution in [3.63, 3.8) is 0 Å². The molecule has 0 atom stereocenters. The molecular weight excluding hydrogens is 314 g/mol. The second-order valence-electron chi connectivity index (χ2n) is 4.61. The van der Waals surface area contributed by atoms with Gasteiger partial charge in [-0.25, -0.2) is 4.98 Å². The summed E-state index contributed by atoms with van der Waals surface area (Å²) in [5, 5.41) is 29.4. The summed E-state index contributed by atoms with van der Waals surface area (Å²) >= 11 is 1.29. The van der Waals surface area contributed by atoms with E-state index >= 15 is 0 Å². The number of hydrogen-bond donors (Lipinski definition) is 1. The lowest BCUT2D eigenvalue weighted by atomic mass is 10.1. The highest BCUT2D eigenvalue weighted by molar-refractivity contribution is 7.98. The third-order valence-electron chi connectivity index (χ3n) is 3.19. The molecule has 0 unspecified atom stereocenters. The zero-order valence-electron chi connectivity index (χ0n) is 12.1. The van der Waals surface area contributed by atoms with Crippen molar-refractivity contribution < 1.29 is 4.92 Å². The van der Waals surface area contributed by atoms with Crippen molar-refractivity contribution in [2.24, 2.45) is 0 Å². The van der Waals surface area contributed by atoms with Gasteiger partial charge in [-0.2, -0.15) is 10.5 Å². The molecule has 0 fully saturated rings. The number of nitriles is 2. The molecule has 0 spiro atoms. The molecule has 0 saturated carbocycles. The lowest BCUT2D eigenvalue weighted by molar-refractivity contribution is -0.384. The first-order chi connectivity index (χ1) is 11.0. The first-order valence-electron chi connectivity index (χ1n) is 6.44. The highest BCUT2D eigenvalue weighted by Crippen LogP contribution is 2.30. The minimum absolute atomic E-state index is 0.0213. The average Bonchev–Trinajstić information content (AvgIpc) is 2.53. The molecule has 2 N–H and O–H groups in total. The number of non-ortho nitro benzene ring substituents is 1. The number of nitrogens with two attached hydrogens (primary N) is 1. The molecule has 1 heterocycles. The molecule has 0 aliphatic heterocycles. The number of nitro benzene ring substituents is 1. The minimum atomic E-state index is -0.461. The maximum absolute atomic E-state index is 10.6. The Labute approximate surface area is 136 Å². The first kappa shape index (κ1) is 16.3. The van der Waals surface area contributed by atoms with E-state index in [0.29, 0.717) is 21.9 Å². The minimum Gasteiger partial charge on any atom is -0.383 e. The molecule has 0 radical (unpaired) electrons. The fourth-order valence-corrected chi connectivity index (χ4v) is 2.94. The molecule has 0 aliphatic rings. The lowest BCUT2D eigenvalue weighted by Crippen LogP contribution is -2.03. The molecule has 0 amide bonds. The number of anilines is 1. The molecule has 0 bridgehead atoms. The number of pyridine rings is 1. The predicted molar refractivity (Wildman–Crippen MR) is 85.5 cm³/mol. The van der Waals surface area contributed by atoms with Crippen molar-refractivity contribution in [2.45, 2.75) is 17.7 Å². The van der Waals surface area contributed by atoms with E-state index in [9.17, 15) is 15.4 Å². The second kappa shape index (κ2) is 6.77. The number of nitro groups is 1. The summed E-state index contributed by atoms with van der Waals surface area (Å²) in [5.74, 6) is 0.569. The SMILES string of the molecule is Cc1c(C#N)c(N)nc(SCc2ccc([N+](=O)[O-])cc2)c1C#N. The zero-order chi connectivity index (χ0) is 17.0. The van der Waals surface area contributed by atoms with Gasteiger partial charge in [-0.15, -0.1) is 11.8 Å². The van der Waals surface area contributed by atoms with Crippen molar-refractivity contribution in [3.8, 4) is 12.1 Å². The maximum Gasteiger partial charge on any atom is 0.269 e. The Bertz CT molecular complexity index is 850. The van der Waals surface area contributed by atoms with Crippen molar-refractivity contribution in [1.82, 2.24) is 4.98 Å². The molecule has 23 heavy (non-hydrogen) atoms. The number of aromatic nitrogens is 1. The molecule has 1 aromatic carbocycles. The number of benzene rings is 1. The van der Waals surface area contributed by atoms with Crippen LogP contribution in [-0.2, 0) is 5.75 Å². The Kier molecular flexibility index (Phi) is 4.79. The molecule has 0 saturated heterocycles. The van der Waals surface area contributed by atoms with Gasteiger partial charge in [-0.3, -0.25) is 10.1 Å². The third kappa shape index (κ3) is 3.39. The molecule has 1 aromatic heterocycles. The topological polar surface area (TPSA) is 130 Å². The summed E-state index contributed by atoms with van der Waals surface area (Å²) in [5.41, 5.74) is 7.66. The molecule has 0 aliphatic carbocycles. The van der Waals surface area contributed by atoms with E-state index in [1.165, 1.54) is 23.9 Å². The number of rotatable bonds is 4. The van der Waals surface area contributed by atoms with Gasteiger partial charge in [0, 0.05) is 17.9 Å². The van der Waals surface area contributed by atoms with Gasteiger partial charge < -0.3 is 5.73 Å². The van der Waals surface area contributed by atoms with Gasteiger partial charge in [0.05, 0.1) is 16.1 Å². The Morgan fingerprint density at radius 3 is 2.39 bits per heavy atom. The maximum atomic E-state index is 10.6. The van der Waals surface area contributed by atoms with E-state index in [1.54, 1.807) is 19.1 Å². The van der Waals surface area contributed by atoms with Crippen LogP contribution >= 0.6 is 11.8 Å². The summed E-state index contributed by atoms with van der Waals surface area (Å²) in [7, 11) is 0. The Hall–Kier alpha value is -3.10. The van der Waals surface area contributed by atoms with Gasteiger partial charge in [0.25, 0.3) is 5.69 Å². The normalized spacial score (nSPS) is 9.87. The highest BCUT2D eigenvalue weighted by Gasteiger charge is 2.16. The van der Waals surface area contributed by atoms with Gasteiger partial charge in [0.1, 0.15) is 23.0 Å². The van der Waals surface area contributed by atoms with E-state index in [4.69, 9.17) is 11.0 Å². The van der Waals surface area contributed by atoms with E-state index in [2.05, 4.69) is 4.98 Å². The van der Waals surface area contributed by atoms with Crippen molar-refractivity contribution in [3.05, 3.63) is 56.6 Å². The van der Waals surface area contributed by atoms with Crippen LogP contribution in [0, 0.1) is 39.7 Å². The van der Waals surface area contributed by atoms with E-state index < -0.39 is 4.92 Å².